The molecule has 1 aromatic carbocycles. The lowest BCUT2D eigenvalue weighted by atomic mass is 9.68. The summed E-state index contributed by atoms with van der Waals surface area (Å²) in [5, 5.41) is 2.72. The molecule has 1 amide bonds. The van der Waals surface area contributed by atoms with Gasteiger partial charge < -0.3 is 14.8 Å². The Morgan fingerprint density at radius 2 is 1.82 bits per heavy atom. The third kappa shape index (κ3) is 4.91. The zero-order chi connectivity index (χ0) is 24.6. The molecular weight excluding hydrogens is 448 g/mol. The number of carbonyl (C=O) groups is 3. The van der Waals surface area contributed by atoms with Crippen molar-refractivity contribution in [3.05, 3.63) is 29.8 Å². The fourth-order valence-electron chi connectivity index (χ4n) is 4.83. The van der Waals surface area contributed by atoms with Crippen molar-refractivity contribution in [2.75, 3.05) is 13.7 Å². The van der Waals surface area contributed by atoms with Crippen LogP contribution in [0.2, 0.25) is 0 Å². The van der Waals surface area contributed by atoms with Gasteiger partial charge in [-0.2, -0.15) is 4.31 Å². The molecule has 9 nitrogen and oxygen atoms in total. The molecule has 2 aliphatic rings. The normalized spacial score (nSPS) is 25.9. The highest BCUT2D eigenvalue weighted by atomic mass is 32.2. The average molecular weight is 481 g/mol. The van der Waals surface area contributed by atoms with Crippen LogP contribution in [-0.2, 0) is 29.1 Å². The molecular formula is C23H32N2O7S. The minimum absolute atomic E-state index is 0.0732. The number of nitrogens with one attached hydrogen (secondary N) is 1. The van der Waals surface area contributed by atoms with Crippen molar-refractivity contribution in [3.63, 3.8) is 0 Å². The number of rotatable bonds is 5. The standard InChI is InChI=1S/C23H32N2O7S/c1-15-9-11-17(12-10-15)33(29,30)25-14-19(26)23(24-21(28)32-22(2,3)4)16(13-20(27)31-5)7-6-8-18(23)25/h9-12,16,18H,6-8,13-14H2,1-5H3,(H,24,28)/t16-,18+,23+/m0/s1. The molecule has 3 rings (SSSR count). The first-order valence-electron chi connectivity index (χ1n) is 11.0. The molecule has 1 saturated heterocycles. The molecule has 3 atom stereocenters. The van der Waals surface area contributed by atoms with Crippen molar-refractivity contribution >= 4 is 27.9 Å². The first-order chi connectivity index (χ1) is 15.3. The first kappa shape index (κ1) is 25.2. The lowest BCUT2D eigenvalue weighted by Gasteiger charge is -2.45. The Morgan fingerprint density at radius 1 is 1.18 bits per heavy atom. The molecule has 1 aromatic rings. The highest BCUT2D eigenvalue weighted by Gasteiger charge is 2.63. The number of fused-ring (bicyclic) bond motifs is 1. The summed E-state index contributed by atoms with van der Waals surface area (Å²) in [6.45, 7) is 6.54. The van der Waals surface area contributed by atoms with Crippen LogP contribution in [0.15, 0.2) is 29.2 Å². The Kier molecular flexibility index (Phi) is 6.91. The second kappa shape index (κ2) is 9.06. The van der Waals surface area contributed by atoms with Gasteiger partial charge in [0.25, 0.3) is 0 Å². The molecule has 2 fully saturated rings. The zero-order valence-electron chi connectivity index (χ0n) is 19.7. The Hall–Kier alpha value is -2.46. The smallest absolute Gasteiger partial charge is 0.408 e. The van der Waals surface area contributed by atoms with Crippen molar-refractivity contribution < 1.29 is 32.3 Å². The number of aryl methyl sites for hydroxylation is 1. The van der Waals surface area contributed by atoms with Gasteiger partial charge in [-0.3, -0.25) is 9.59 Å². The predicted molar refractivity (Wildman–Crippen MR) is 120 cm³/mol. The first-order valence-corrected chi connectivity index (χ1v) is 12.4. The van der Waals surface area contributed by atoms with Gasteiger partial charge in [0, 0.05) is 5.92 Å². The number of hydrogen-bond acceptors (Lipinski definition) is 7. The van der Waals surface area contributed by atoms with Crippen molar-refractivity contribution in [1.29, 1.82) is 0 Å². The number of benzene rings is 1. The quantitative estimate of drug-likeness (QED) is 0.643. The maximum absolute atomic E-state index is 13.5. The van der Waals surface area contributed by atoms with Gasteiger partial charge >= 0.3 is 12.1 Å². The van der Waals surface area contributed by atoms with Crippen LogP contribution in [0.3, 0.4) is 0 Å². The van der Waals surface area contributed by atoms with Crippen molar-refractivity contribution in [2.24, 2.45) is 5.92 Å². The van der Waals surface area contributed by atoms with Gasteiger partial charge in [-0.15, -0.1) is 0 Å². The molecule has 0 radical (unpaired) electrons. The van der Waals surface area contributed by atoms with Crippen LogP contribution in [0.4, 0.5) is 4.79 Å². The van der Waals surface area contributed by atoms with Crippen LogP contribution in [-0.4, -0.2) is 61.4 Å². The third-order valence-corrected chi connectivity index (χ3v) is 8.15. The van der Waals surface area contributed by atoms with Gasteiger partial charge in [0.1, 0.15) is 11.1 Å². The van der Waals surface area contributed by atoms with Gasteiger partial charge in [0.05, 0.1) is 31.0 Å². The van der Waals surface area contributed by atoms with Gasteiger partial charge in [-0.1, -0.05) is 24.1 Å². The summed E-state index contributed by atoms with van der Waals surface area (Å²) in [6, 6.07) is 5.55. The summed E-state index contributed by atoms with van der Waals surface area (Å²) >= 11 is 0. The maximum atomic E-state index is 13.5. The van der Waals surface area contributed by atoms with Crippen molar-refractivity contribution in [2.45, 2.75) is 75.5 Å². The van der Waals surface area contributed by atoms with E-state index >= 15 is 0 Å². The summed E-state index contributed by atoms with van der Waals surface area (Å²) in [5.74, 6) is -1.61. The predicted octanol–water partition coefficient (Wildman–Crippen LogP) is 2.56. The molecule has 1 aliphatic carbocycles. The Morgan fingerprint density at radius 3 is 2.39 bits per heavy atom. The van der Waals surface area contributed by atoms with E-state index in [0.717, 1.165) is 5.56 Å². The Labute approximate surface area is 194 Å². The molecule has 10 heteroatoms. The molecule has 0 aromatic heterocycles. The number of ether oxygens (including phenoxy) is 2. The molecule has 1 heterocycles. The van der Waals surface area contributed by atoms with Gasteiger partial charge in [-0.25, -0.2) is 13.2 Å². The number of hydrogen-bond donors (Lipinski definition) is 1. The molecule has 0 unspecified atom stereocenters. The largest absolute Gasteiger partial charge is 0.469 e. The van der Waals surface area contributed by atoms with Crippen LogP contribution >= 0.6 is 0 Å². The fourth-order valence-corrected chi connectivity index (χ4v) is 6.47. The van der Waals surface area contributed by atoms with E-state index < -0.39 is 57.5 Å². The van der Waals surface area contributed by atoms with Crippen LogP contribution in [0.25, 0.3) is 0 Å². The summed E-state index contributed by atoms with van der Waals surface area (Å²) in [7, 11) is -2.77. The van der Waals surface area contributed by atoms with E-state index in [4.69, 9.17) is 9.47 Å². The minimum atomic E-state index is -4.02. The topological polar surface area (TPSA) is 119 Å². The number of amides is 1. The van der Waals surface area contributed by atoms with Crippen molar-refractivity contribution in [3.8, 4) is 0 Å². The van der Waals surface area contributed by atoms with Crippen LogP contribution in [0, 0.1) is 12.8 Å². The number of Topliss-reactive ketones (excluding diaryl/α,β-unsaturated/α-hetero) is 1. The van der Waals surface area contributed by atoms with E-state index in [-0.39, 0.29) is 11.3 Å². The van der Waals surface area contributed by atoms with Crippen LogP contribution in [0.1, 0.15) is 52.0 Å². The van der Waals surface area contributed by atoms with Crippen LogP contribution in [0.5, 0.6) is 0 Å². The fraction of sp³-hybridized carbons (Fsp3) is 0.609. The molecule has 0 bridgehead atoms. The molecule has 33 heavy (non-hydrogen) atoms. The number of nitrogens with zero attached hydrogens (tertiary/aromatic N) is 1. The Bertz CT molecular complexity index is 1030. The average Bonchev–Trinajstić information content (AvgIpc) is 3.01. The SMILES string of the molecule is COC(=O)C[C@@H]1CCC[C@H]2N(S(=O)(=O)c3ccc(C)cc3)CC(=O)[C@@]12NC(=O)OC(C)(C)C. The van der Waals surface area contributed by atoms with E-state index in [1.54, 1.807) is 32.9 Å². The molecule has 1 aliphatic heterocycles. The third-order valence-electron chi connectivity index (χ3n) is 6.28. The monoisotopic (exact) mass is 480 g/mol. The zero-order valence-corrected chi connectivity index (χ0v) is 20.5. The second-order valence-corrected chi connectivity index (χ2v) is 11.6. The van der Waals surface area contributed by atoms with E-state index in [1.165, 1.54) is 23.5 Å². The van der Waals surface area contributed by atoms with Gasteiger partial charge in [0.15, 0.2) is 5.78 Å². The lowest BCUT2D eigenvalue weighted by Crippen LogP contribution is -2.67. The highest BCUT2D eigenvalue weighted by Crippen LogP contribution is 2.45. The molecule has 182 valence electrons. The van der Waals surface area contributed by atoms with Crippen molar-refractivity contribution in [1.82, 2.24) is 9.62 Å². The Balaban J connectivity index is 2.05. The molecule has 0 spiro atoms. The molecule has 1 saturated carbocycles. The number of esters is 1. The maximum Gasteiger partial charge on any atom is 0.408 e. The summed E-state index contributed by atoms with van der Waals surface area (Å²) in [5.41, 5.74) is -1.49. The summed E-state index contributed by atoms with van der Waals surface area (Å²) in [4.78, 5) is 38.6. The molecule has 1 N–H and O–H groups in total. The lowest BCUT2D eigenvalue weighted by molar-refractivity contribution is -0.143. The van der Waals surface area contributed by atoms with E-state index in [9.17, 15) is 22.8 Å². The van der Waals surface area contributed by atoms with E-state index in [0.29, 0.717) is 19.3 Å². The number of carbonyl (C=O) groups excluding carboxylic acids is 3. The van der Waals surface area contributed by atoms with E-state index in [1.807, 2.05) is 6.92 Å². The van der Waals surface area contributed by atoms with Crippen LogP contribution < -0.4 is 5.32 Å². The summed E-state index contributed by atoms with van der Waals surface area (Å²) in [6.07, 6.45) is 0.479. The van der Waals surface area contributed by atoms with E-state index in [2.05, 4.69) is 5.32 Å². The van der Waals surface area contributed by atoms with Gasteiger partial charge in [0.2, 0.25) is 10.0 Å². The number of methoxy groups -OCH3 is 1. The number of ketones is 1. The number of alkyl carbamates (subject to hydrolysis) is 1. The second-order valence-electron chi connectivity index (χ2n) is 9.71. The summed E-state index contributed by atoms with van der Waals surface area (Å²) < 4.78 is 38.4. The minimum Gasteiger partial charge on any atom is -0.469 e. The highest BCUT2D eigenvalue weighted by molar-refractivity contribution is 7.89. The number of sulfonamides is 1. The van der Waals surface area contributed by atoms with Gasteiger partial charge in [-0.05, 0) is 52.7 Å².